The van der Waals surface area contributed by atoms with Gasteiger partial charge in [-0.15, -0.1) is 0 Å². The SMILES string of the molecule is Cc1nc2c(Cl)nc(N)nc2n1C1CCOCC1. The molecule has 0 aromatic carbocycles. The average molecular weight is 268 g/mol. The second kappa shape index (κ2) is 4.37. The zero-order valence-corrected chi connectivity index (χ0v) is 10.8. The Kier molecular flexibility index (Phi) is 2.83. The number of nitrogens with zero attached hydrogens (tertiary/aromatic N) is 4. The number of nitrogen functional groups attached to an aromatic ring is 1. The molecule has 2 aromatic rings. The average Bonchev–Trinajstić information content (AvgIpc) is 2.67. The Labute approximate surface area is 109 Å². The van der Waals surface area contributed by atoms with E-state index in [2.05, 4.69) is 19.5 Å². The number of hydrogen-bond acceptors (Lipinski definition) is 5. The largest absolute Gasteiger partial charge is 0.381 e. The Morgan fingerprint density at radius 1 is 1.28 bits per heavy atom. The van der Waals surface area contributed by atoms with E-state index in [0.717, 1.165) is 37.5 Å². The maximum atomic E-state index is 6.05. The van der Waals surface area contributed by atoms with Crippen molar-refractivity contribution in [2.45, 2.75) is 25.8 Å². The van der Waals surface area contributed by atoms with Crippen LogP contribution >= 0.6 is 11.6 Å². The molecule has 2 aromatic heterocycles. The van der Waals surface area contributed by atoms with Gasteiger partial charge in [-0.3, -0.25) is 0 Å². The molecule has 0 radical (unpaired) electrons. The molecule has 0 spiro atoms. The van der Waals surface area contributed by atoms with E-state index in [0.29, 0.717) is 16.7 Å². The van der Waals surface area contributed by atoms with Gasteiger partial charge in [0.1, 0.15) is 11.3 Å². The summed E-state index contributed by atoms with van der Waals surface area (Å²) in [4.78, 5) is 12.6. The van der Waals surface area contributed by atoms with Gasteiger partial charge in [0.2, 0.25) is 5.95 Å². The predicted molar refractivity (Wildman–Crippen MR) is 68.6 cm³/mol. The summed E-state index contributed by atoms with van der Waals surface area (Å²) in [7, 11) is 0. The molecule has 6 nitrogen and oxygen atoms in total. The molecule has 3 rings (SSSR count). The van der Waals surface area contributed by atoms with Crippen LogP contribution in [0.25, 0.3) is 11.2 Å². The summed E-state index contributed by atoms with van der Waals surface area (Å²) in [6.07, 6.45) is 1.90. The summed E-state index contributed by atoms with van der Waals surface area (Å²) in [5.41, 5.74) is 7.00. The second-order valence-electron chi connectivity index (χ2n) is 4.42. The number of ether oxygens (including phenoxy) is 1. The van der Waals surface area contributed by atoms with Crippen molar-refractivity contribution < 1.29 is 4.74 Å². The normalized spacial score (nSPS) is 17.4. The fourth-order valence-corrected chi connectivity index (χ4v) is 2.66. The first-order valence-corrected chi connectivity index (χ1v) is 6.30. The van der Waals surface area contributed by atoms with E-state index in [9.17, 15) is 0 Å². The predicted octanol–water partition coefficient (Wildman–Crippen LogP) is 1.72. The van der Waals surface area contributed by atoms with Crippen LogP contribution in [0, 0.1) is 6.92 Å². The number of imidazole rings is 1. The highest BCUT2D eigenvalue weighted by Crippen LogP contribution is 2.29. The lowest BCUT2D eigenvalue weighted by Gasteiger charge is -2.24. The highest BCUT2D eigenvalue weighted by Gasteiger charge is 2.22. The molecule has 1 saturated heterocycles. The minimum Gasteiger partial charge on any atom is -0.381 e. The minimum atomic E-state index is 0.181. The number of halogens is 1. The first-order valence-electron chi connectivity index (χ1n) is 5.92. The Morgan fingerprint density at radius 3 is 2.72 bits per heavy atom. The molecular weight excluding hydrogens is 254 g/mol. The highest BCUT2D eigenvalue weighted by atomic mass is 35.5. The zero-order valence-electron chi connectivity index (χ0n) is 10.1. The van der Waals surface area contributed by atoms with Crippen LogP contribution < -0.4 is 5.73 Å². The van der Waals surface area contributed by atoms with Gasteiger partial charge in [-0.05, 0) is 19.8 Å². The van der Waals surface area contributed by atoms with E-state index < -0.39 is 0 Å². The van der Waals surface area contributed by atoms with Gasteiger partial charge in [-0.25, -0.2) is 4.98 Å². The Bertz CT molecular complexity index is 591. The van der Waals surface area contributed by atoms with E-state index in [-0.39, 0.29) is 5.95 Å². The Balaban J connectivity index is 2.18. The van der Waals surface area contributed by atoms with Crippen molar-refractivity contribution in [1.82, 2.24) is 19.5 Å². The number of hydrogen-bond donors (Lipinski definition) is 1. The monoisotopic (exact) mass is 267 g/mol. The number of aromatic nitrogens is 4. The number of fused-ring (bicyclic) bond motifs is 1. The summed E-state index contributed by atoms with van der Waals surface area (Å²) >= 11 is 6.05. The van der Waals surface area contributed by atoms with E-state index in [4.69, 9.17) is 22.1 Å². The fraction of sp³-hybridized carbons (Fsp3) is 0.545. The molecule has 0 saturated carbocycles. The maximum absolute atomic E-state index is 6.05. The summed E-state index contributed by atoms with van der Waals surface area (Å²) in [5, 5.41) is 0.311. The third-order valence-corrected chi connectivity index (χ3v) is 3.51. The van der Waals surface area contributed by atoms with Gasteiger partial charge in [0.15, 0.2) is 10.8 Å². The van der Waals surface area contributed by atoms with Crippen molar-refractivity contribution in [3.8, 4) is 0 Å². The summed E-state index contributed by atoms with van der Waals surface area (Å²) < 4.78 is 7.48. The third kappa shape index (κ3) is 1.81. The molecule has 96 valence electrons. The Hall–Kier alpha value is -1.40. The zero-order chi connectivity index (χ0) is 12.7. The van der Waals surface area contributed by atoms with E-state index in [1.807, 2.05) is 6.92 Å². The molecule has 0 unspecified atom stereocenters. The van der Waals surface area contributed by atoms with Gasteiger partial charge in [-0.2, -0.15) is 9.97 Å². The van der Waals surface area contributed by atoms with Gasteiger partial charge in [0, 0.05) is 19.3 Å². The van der Waals surface area contributed by atoms with Crippen molar-refractivity contribution in [3.63, 3.8) is 0 Å². The fourth-order valence-electron chi connectivity index (χ4n) is 2.45. The van der Waals surface area contributed by atoms with E-state index in [1.54, 1.807) is 0 Å². The van der Waals surface area contributed by atoms with Crippen molar-refractivity contribution in [3.05, 3.63) is 11.0 Å². The summed E-state index contributed by atoms with van der Waals surface area (Å²) in [5.74, 6) is 1.07. The van der Waals surface area contributed by atoms with Crippen LogP contribution in [0.2, 0.25) is 5.15 Å². The topological polar surface area (TPSA) is 78.9 Å². The van der Waals surface area contributed by atoms with Crippen LogP contribution in [-0.4, -0.2) is 32.7 Å². The number of aryl methyl sites for hydroxylation is 1. The van der Waals surface area contributed by atoms with Gasteiger partial charge >= 0.3 is 0 Å². The molecule has 1 aliphatic heterocycles. The molecular formula is C11H14ClN5O. The second-order valence-corrected chi connectivity index (χ2v) is 4.78. The molecule has 0 amide bonds. The maximum Gasteiger partial charge on any atom is 0.223 e. The molecule has 2 N–H and O–H groups in total. The molecule has 0 atom stereocenters. The van der Waals surface area contributed by atoms with Crippen molar-refractivity contribution in [1.29, 1.82) is 0 Å². The standard InChI is InChI=1S/C11H14ClN5O/c1-6-14-8-9(12)15-11(13)16-10(8)17(6)7-2-4-18-5-3-7/h7H,2-5H2,1H3,(H2,13,15,16). The van der Waals surface area contributed by atoms with E-state index >= 15 is 0 Å². The molecule has 18 heavy (non-hydrogen) atoms. The van der Waals surface area contributed by atoms with Crippen LogP contribution in [0.15, 0.2) is 0 Å². The lowest BCUT2D eigenvalue weighted by molar-refractivity contribution is 0.0699. The minimum absolute atomic E-state index is 0.181. The van der Waals surface area contributed by atoms with Crippen LogP contribution in [0.5, 0.6) is 0 Å². The van der Waals surface area contributed by atoms with Crippen molar-refractivity contribution >= 4 is 28.7 Å². The highest BCUT2D eigenvalue weighted by molar-refractivity contribution is 6.33. The smallest absolute Gasteiger partial charge is 0.223 e. The lowest BCUT2D eigenvalue weighted by Crippen LogP contribution is -2.20. The van der Waals surface area contributed by atoms with Gasteiger partial charge in [0.25, 0.3) is 0 Å². The van der Waals surface area contributed by atoms with Crippen LogP contribution in [0.4, 0.5) is 5.95 Å². The van der Waals surface area contributed by atoms with Crippen LogP contribution in [0.3, 0.4) is 0 Å². The van der Waals surface area contributed by atoms with Gasteiger partial charge in [-0.1, -0.05) is 11.6 Å². The number of rotatable bonds is 1. The van der Waals surface area contributed by atoms with Crippen molar-refractivity contribution in [2.24, 2.45) is 0 Å². The quantitative estimate of drug-likeness (QED) is 0.796. The molecule has 1 aliphatic rings. The third-order valence-electron chi connectivity index (χ3n) is 3.25. The number of nitrogens with two attached hydrogens (primary N) is 1. The van der Waals surface area contributed by atoms with E-state index in [1.165, 1.54) is 0 Å². The van der Waals surface area contributed by atoms with Crippen LogP contribution in [0.1, 0.15) is 24.7 Å². The first-order chi connectivity index (χ1) is 8.66. The number of anilines is 1. The van der Waals surface area contributed by atoms with Crippen LogP contribution in [-0.2, 0) is 4.74 Å². The first kappa shape index (κ1) is 11.7. The van der Waals surface area contributed by atoms with Gasteiger partial charge < -0.3 is 15.0 Å². The molecule has 0 bridgehead atoms. The molecule has 0 aliphatic carbocycles. The van der Waals surface area contributed by atoms with Crippen molar-refractivity contribution in [2.75, 3.05) is 18.9 Å². The summed E-state index contributed by atoms with van der Waals surface area (Å²) in [6, 6.07) is 0.342. The molecule has 3 heterocycles. The van der Waals surface area contributed by atoms with Gasteiger partial charge in [0.05, 0.1) is 0 Å². The summed E-state index contributed by atoms with van der Waals surface area (Å²) in [6.45, 7) is 3.47. The Morgan fingerprint density at radius 2 is 2.00 bits per heavy atom. The molecule has 1 fully saturated rings. The lowest BCUT2D eigenvalue weighted by atomic mass is 10.1. The molecule has 7 heteroatoms.